The van der Waals surface area contributed by atoms with Crippen LogP contribution in [0.4, 0.5) is 0 Å². The topological polar surface area (TPSA) is 23.8 Å². The van der Waals surface area contributed by atoms with E-state index in [1.165, 1.54) is 12.8 Å². The van der Waals surface area contributed by atoms with Crippen LogP contribution in [0.15, 0.2) is 0 Å². The molecule has 0 bridgehead atoms. The van der Waals surface area contributed by atoms with Gasteiger partial charge in [-0.15, -0.1) is 0 Å². The van der Waals surface area contributed by atoms with Crippen molar-refractivity contribution in [2.24, 2.45) is 23.7 Å². The third kappa shape index (κ3) is 2.72. The molecule has 1 heteroatoms. The fourth-order valence-electron chi connectivity index (χ4n) is 2.73. The molecular weight excluding hydrogens is 158 g/mol. The van der Waals surface area contributed by atoms with Crippen LogP contribution in [0.3, 0.4) is 0 Å². The van der Waals surface area contributed by atoms with Gasteiger partial charge in [-0.3, -0.25) is 0 Å². The highest BCUT2D eigenvalue weighted by molar-refractivity contribution is 4.88. The van der Waals surface area contributed by atoms with Crippen LogP contribution in [-0.2, 0) is 0 Å². The van der Waals surface area contributed by atoms with E-state index < -0.39 is 0 Å². The summed E-state index contributed by atoms with van der Waals surface area (Å²) in [6.45, 7) is 6.95. The van der Waals surface area contributed by atoms with Gasteiger partial charge < -0.3 is 0 Å². The summed E-state index contributed by atoms with van der Waals surface area (Å²) in [7, 11) is 0. The summed E-state index contributed by atoms with van der Waals surface area (Å²) in [5, 5.41) is 8.91. The van der Waals surface area contributed by atoms with Crippen molar-refractivity contribution in [2.45, 2.75) is 46.5 Å². The van der Waals surface area contributed by atoms with E-state index in [0.29, 0.717) is 5.92 Å². The minimum Gasteiger partial charge on any atom is -0.198 e. The largest absolute Gasteiger partial charge is 0.198 e. The van der Waals surface area contributed by atoms with E-state index in [4.69, 9.17) is 5.26 Å². The van der Waals surface area contributed by atoms with Gasteiger partial charge in [0.1, 0.15) is 0 Å². The number of hydrogen-bond donors (Lipinski definition) is 0. The minimum atomic E-state index is 0.332. The molecule has 1 aliphatic carbocycles. The van der Waals surface area contributed by atoms with Crippen LogP contribution in [0.25, 0.3) is 0 Å². The van der Waals surface area contributed by atoms with E-state index >= 15 is 0 Å². The van der Waals surface area contributed by atoms with Crippen LogP contribution >= 0.6 is 0 Å². The highest BCUT2D eigenvalue weighted by atomic mass is 14.3. The summed E-state index contributed by atoms with van der Waals surface area (Å²) < 4.78 is 0. The van der Waals surface area contributed by atoms with E-state index in [0.717, 1.165) is 30.6 Å². The number of hydrogen-bond acceptors (Lipinski definition) is 1. The van der Waals surface area contributed by atoms with E-state index in [1.54, 1.807) is 0 Å². The first-order chi connectivity index (χ1) is 6.15. The quantitative estimate of drug-likeness (QED) is 0.564. The molecule has 3 atom stereocenters. The summed E-state index contributed by atoms with van der Waals surface area (Å²) in [6.07, 6.45) is 4.84. The Labute approximate surface area is 82.1 Å². The van der Waals surface area contributed by atoms with Gasteiger partial charge in [0.2, 0.25) is 0 Å². The SMILES string of the molecule is CC(C)C1CCCC(C#N)CC1C. The third-order valence-electron chi connectivity index (χ3n) is 3.52. The summed E-state index contributed by atoms with van der Waals surface area (Å²) in [4.78, 5) is 0. The molecule has 0 spiro atoms. The maximum Gasteiger partial charge on any atom is 0.0655 e. The van der Waals surface area contributed by atoms with Gasteiger partial charge in [0, 0.05) is 5.92 Å². The van der Waals surface area contributed by atoms with Gasteiger partial charge in [-0.25, -0.2) is 0 Å². The third-order valence-corrected chi connectivity index (χ3v) is 3.52. The maximum absolute atomic E-state index is 8.91. The van der Waals surface area contributed by atoms with E-state index in [2.05, 4.69) is 26.8 Å². The van der Waals surface area contributed by atoms with Gasteiger partial charge >= 0.3 is 0 Å². The monoisotopic (exact) mass is 179 g/mol. The van der Waals surface area contributed by atoms with E-state index in [-0.39, 0.29) is 0 Å². The fraction of sp³-hybridized carbons (Fsp3) is 0.917. The molecule has 0 amide bonds. The lowest BCUT2D eigenvalue weighted by Gasteiger charge is -2.25. The molecule has 3 unspecified atom stereocenters. The van der Waals surface area contributed by atoms with Crippen molar-refractivity contribution >= 4 is 0 Å². The molecule has 0 aromatic rings. The molecule has 0 heterocycles. The lowest BCUT2D eigenvalue weighted by atomic mass is 9.80. The van der Waals surface area contributed by atoms with Crippen molar-refractivity contribution in [3.05, 3.63) is 0 Å². The highest BCUT2D eigenvalue weighted by Gasteiger charge is 2.26. The molecular formula is C12H21N. The number of nitrogens with zero attached hydrogens (tertiary/aromatic N) is 1. The van der Waals surface area contributed by atoms with Gasteiger partial charge in [0.05, 0.1) is 6.07 Å². The molecule has 1 fully saturated rings. The molecule has 0 aromatic carbocycles. The van der Waals surface area contributed by atoms with Gasteiger partial charge in [-0.2, -0.15) is 5.26 Å². The molecule has 0 saturated heterocycles. The van der Waals surface area contributed by atoms with Crippen LogP contribution in [0.5, 0.6) is 0 Å². The van der Waals surface area contributed by atoms with Gasteiger partial charge in [0.15, 0.2) is 0 Å². The Morgan fingerprint density at radius 2 is 2.00 bits per heavy atom. The summed E-state index contributed by atoms with van der Waals surface area (Å²) in [5.74, 6) is 2.71. The molecule has 1 rings (SSSR count). The Morgan fingerprint density at radius 3 is 2.54 bits per heavy atom. The van der Waals surface area contributed by atoms with Gasteiger partial charge in [0.25, 0.3) is 0 Å². The van der Waals surface area contributed by atoms with Crippen molar-refractivity contribution in [3.63, 3.8) is 0 Å². The molecule has 0 N–H and O–H groups in total. The first-order valence-electron chi connectivity index (χ1n) is 5.54. The Bertz CT molecular complexity index is 190. The van der Waals surface area contributed by atoms with Crippen molar-refractivity contribution in [1.29, 1.82) is 5.26 Å². The maximum atomic E-state index is 8.91. The fourth-order valence-corrected chi connectivity index (χ4v) is 2.73. The van der Waals surface area contributed by atoms with E-state index in [1.807, 2.05) is 0 Å². The second kappa shape index (κ2) is 4.65. The van der Waals surface area contributed by atoms with Crippen LogP contribution in [0.2, 0.25) is 0 Å². The predicted octanol–water partition coefficient (Wildman–Crippen LogP) is 3.61. The molecule has 0 radical (unpaired) electrons. The zero-order valence-corrected chi connectivity index (χ0v) is 9.09. The Morgan fingerprint density at radius 1 is 1.31 bits per heavy atom. The molecule has 1 aliphatic rings. The lowest BCUT2D eigenvalue weighted by molar-refractivity contribution is 0.250. The second-order valence-electron chi connectivity index (χ2n) is 4.88. The average Bonchev–Trinajstić information content (AvgIpc) is 2.26. The van der Waals surface area contributed by atoms with Crippen molar-refractivity contribution in [2.75, 3.05) is 0 Å². The minimum absolute atomic E-state index is 0.332. The number of nitriles is 1. The van der Waals surface area contributed by atoms with Crippen molar-refractivity contribution < 1.29 is 0 Å². The first-order valence-corrected chi connectivity index (χ1v) is 5.54. The zero-order valence-electron chi connectivity index (χ0n) is 9.09. The van der Waals surface area contributed by atoms with Crippen LogP contribution in [-0.4, -0.2) is 0 Å². The summed E-state index contributed by atoms with van der Waals surface area (Å²) >= 11 is 0. The molecule has 13 heavy (non-hydrogen) atoms. The molecule has 74 valence electrons. The molecule has 0 aromatic heterocycles. The number of rotatable bonds is 1. The molecule has 0 aliphatic heterocycles. The predicted molar refractivity (Wildman–Crippen MR) is 55.1 cm³/mol. The highest BCUT2D eigenvalue weighted by Crippen LogP contribution is 2.35. The van der Waals surface area contributed by atoms with Crippen LogP contribution < -0.4 is 0 Å². The van der Waals surface area contributed by atoms with Crippen molar-refractivity contribution in [1.82, 2.24) is 0 Å². The van der Waals surface area contributed by atoms with Gasteiger partial charge in [-0.1, -0.05) is 27.2 Å². The van der Waals surface area contributed by atoms with Crippen molar-refractivity contribution in [3.8, 4) is 6.07 Å². The van der Waals surface area contributed by atoms with Gasteiger partial charge in [-0.05, 0) is 37.0 Å². The summed E-state index contributed by atoms with van der Waals surface area (Å²) in [6, 6.07) is 2.43. The lowest BCUT2D eigenvalue weighted by Crippen LogP contribution is -2.17. The Hall–Kier alpha value is -0.510. The normalized spacial score (nSPS) is 35.5. The average molecular weight is 179 g/mol. The smallest absolute Gasteiger partial charge is 0.0655 e. The Balaban J connectivity index is 2.57. The standard InChI is InChI=1S/C12H21N/c1-9(2)12-6-4-5-11(8-13)7-10(12)3/h9-12H,4-7H2,1-3H3. The molecule has 1 nitrogen and oxygen atoms in total. The molecule has 1 saturated carbocycles. The van der Waals surface area contributed by atoms with Crippen LogP contribution in [0.1, 0.15) is 46.5 Å². The second-order valence-corrected chi connectivity index (χ2v) is 4.88. The van der Waals surface area contributed by atoms with Crippen LogP contribution in [0, 0.1) is 35.0 Å². The first kappa shape index (κ1) is 10.6. The van der Waals surface area contributed by atoms with E-state index in [9.17, 15) is 0 Å². The zero-order chi connectivity index (χ0) is 9.84. The Kier molecular flexibility index (Phi) is 3.78. The summed E-state index contributed by atoms with van der Waals surface area (Å²) in [5.41, 5.74) is 0.